The normalized spacial score (nSPS) is 10.0. The molecule has 2 rings (SSSR count). The van der Waals surface area contributed by atoms with Crippen molar-refractivity contribution in [2.45, 2.75) is 6.54 Å². The fraction of sp³-hybridized carbons (Fsp3) is 0.167. The molecule has 6 heteroatoms. The second-order valence-corrected chi connectivity index (χ2v) is 4.54. The van der Waals surface area contributed by atoms with Crippen LogP contribution >= 0.6 is 11.3 Å². The summed E-state index contributed by atoms with van der Waals surface area (Å²) < 4.78 is 5.69. The molecule has 0 saturated heterocycles. The average Bonchev–Trinajstić information content (AvgIpc) is 2.88. The maximum absolute atomic E-state index is 11.5. The predicted molar refractivity (Wildman–Crippen MR) is 67.1 cm³/mol. The number of rotatable bonds is 5. The predicted octanol–water partition coefficient (Wildman–Crippen LogP) is 1.08. The molecule has 0 fully saturated rings. The maximum Gasteiger partial charge on any atom is 0.379 e. The van der Waals surface area contributed by atoms with Gasteiger partial charge < -0.3 is 15.3 Å². The van der Waals surface area contributed by atoms with Gasteiger partial charge in [0.15, 0.2) is 12.8 Å². The highest BCUT2D eigenvalue weighted by Gasteiger charge is 2.08. The largest absolute Gasteiger partial charge is 0.616 e. The second kappa shape index (κ2) is 6.02. The maximum atomic E-state index is 11.5. The van der Waals surface area contributed by atoms with E-state index in [9.17, 15) is 10.0 Å². The first kappa shape index (κ1) is 12.4. The molecule has 0 unspecified atom stereocenters. The van der Waals surface area contributed by atoms with Gasteiger partial charge in [-0.3, -0.25) is 4.79 Å². The van der Waals surface area contributed by atoms with Crippen LogP contribution in [0.25, 0.3) is 0 Å². The van der Waals surface area contributed by atoms with E-state index in [-0.39, 0.29) is 18.4 Å². The highest BCUT2D eigenvalue weighted by atomic mass is 32.1. The lowest BCUT2D eigenvalue weighted by molar-refractivity contribution is -0.612. The average molecular weight is 264 g/mol. The third kappa shape index (κ3) is 3.46. The first-order valence-corrected chi connectivity index (χ1v) is 6.24. The quantitative estimate of drug-likeness (QED) is 0.649. The Labute approximate surface area is 108 Å². The Kier molecular flexibility index (Phi) is 4.14. The summed E-state index contributed by atoms with van der Waals surface area (Å²) in [7, 11) is 0. The van der Waals surface area contributed by atoms with Gasteiger partial charge in [-0.2, -0.15) is 0 Å². The number of carbonyl (C=O) groups excluding carboxylic acids is 1. The van der Waals surface area contributed by atoms with E-state index in [1.54, 1.807) is 23.5 Å². The van der Waals surface area contributed by atoms with E-state index in [2.05, 4.69) is 5.32 Å². The lowest BCUT2D eigenvalue weighted by Crippen LogP contribution is -2.33. The number of nitrogens with zero attached hydrogens (tertiary/aromatic N) is 1. The van der Waals surface area contributed by atoms with Crippen molar-refractivity contribution in [3.05, 3.63) is 52.0 Å². The highest BCUT2D eigenvalue weighted by Crippen LogP contribution is 2.07. The van der Waals surface area contributed by atoms with Crippen molar-refractivity contribution < 1.29 is 14.3 Å². The summed E-state index contributed by atoms with van der Waals surface area (Å²) >= 11 is 1.57. The lowest BCUT2D eigenvalue weighted by atomic mass is 10.4. The van der Waals surface area contributed by atoms with Gasteiger partial charge in [-0.1, -0.05) is 6.07 Å². The van der Waals surface area contributed by atoms with Crippen LogP contribution in [0.1, 0.15) is 4.88 Å². The van der Waals surface area contributed by atoms with Crippen LogP contribution in [0.2, 0.25) is 0 Å². The summed E-state index contributed by atoms with van der Waals surface area (Å²) in [5, 5.41) is 15.9. The van der Waals surface area contributed by atoms with Gasteiger partial charge in [0.2, 0.25) is 0 Å². The molecule has 5 nitrogen and oxygen atoms in total. The number of ether oxygens (including phenoxy) is 1. The minimum atomic E-state index is -0.257. The SMILES string of the molecule is O=C(COc1cccc[n+]1[O-])NCc1cccs1. The summed E-state index contributed by atoms with van der Waals surface area (Å²) in [6, 6.07) is 8.64. The molecule has 0 aliphatic heterocycles. The Bertz CT molecular complexity index is 514. The molecule has 2 aromatic rings. The minimum absolute atomic E-state index is 0.115. The van der Waals surface area contributed by atoms with Crippen LogP contribution in [-0.2, 0) is 11.3 Å². The summed E-state index contributed by atoms with van der Waals surface area (Å²) in [5.41, 5.74) is 0. The number of thiophene rings is 1. The molecule has 18 heavy (non-hydrogen) atoms. The summed E-state index contributed by atoms with van der Waals surface area (Å²) in [6.07, 6.45) is 1.32. The van der Waals surface area contributed by atoms with Gasteiger partial charge in [-0.25, -0.2) is 0 Å². The van der Waals surface area contributed by atoms with E-state index >= 15 is 0 Å². The summed E-state index contributed by atoms with van der Waals surface area (Å²) in [4.78, 5) is 12.6. The fourth-order valence-electron chi connectivity index (χ4n) is 1.31. The Hall–Kier alpha value is -2.08. The molecule has 1 amide bonds. The summed E-state index contributed by atoms with van der Waals surface area (Å²) in [6.45, 7) is 0.309. The van der Waals surface area contributed by atoms with Crippen molar-refractivity contribution in [3.63, 3.8) is 0 Å². The van der Waals surface area contributed by atoms with Gasteiger partial charge in [0.05, 0.1) is 12.6 Å². The molecule has 0 aliphatic carbocycles. The Morgan fingerprint density at radius 3 is 3.00 bits per heavy atom. The van der Waals surface area contributed by atoms with E-state index in [4.69, 9.17) is 4.74 Å². The van der Waals surface area contributed by atoms with Crippen molar-refractivity contribution in [2.75, 3.05) is 6.61 Å². The van der Waals surface area contributed by atoms with Gasteiger partial charge in [0.1, 0.15) is 0 Å². The molecule has 0 radical (unpaired) electrons. The Morgan fingerprint density at radius 1 is 1.39 bits per heavy atom. The van der Waals surface area contributed by atoms with Gasteiger partial charge in [0.25, 0.3) is 5.91 Å². The smallest absolute Gasteiger partial charge is 0.379 e. The van der Waals surface area contributed by atoms with Crippen molar-refractivity contribution in [1.29, 1.82) is 0 Å². The molecule has 0 aliphatic rings. The molecule has 0 aromatic carbocycles. The third-order valence-corrected chi connectivity index (χ3v) is 3.06. The number of pyridine rings is 1. The van der Waals surface area contributed by atoms with E-state index in [1.807, 2.05) is 17.5 Å². The highest BCUT2D eigenvalue weighted by molar-refractivity contribution is 7.09. The van der Waals surface area contributed by atoms with Crippen LogP contribution in [0.3, 0.4) is 0 Å². The number of hydrogen-bond acceptors (Lipinski definition) is 4. The molecule has 0 bridgehead atoms. The Balaban J connectivity index is 1.77. The topological polar surface area (TPSA) is 65.3 Å². The van der Waals surface area contributed by atoms with E-state index in [0.717, 1.165) is 4.88 Å². The molecular formula is C12H12N2O3S. The molecular weight excluding hydrogens is 252 g/mol. The van der Waals surface area contributed by atoms with Crippen LogP contribution in [0.5, 0.6) is 5.88 Å². The van der Waals surface area contributed by atoms with Gasteiger partial charge in [-0.15, -0.1) is 16.1 Å². The number of amides is 1. The monoisotopic (exact) mass is 264 g/mol. The summed E-state index contributed by atoms with van der Waals surface area (Å²) in [5.74, 6) is -0.143. The number of hydrogen-bond donors (Lipinski definition) is 1. The molecule has 1 N–H and O–H groups in total. The minimum Gasteiger partial charge on any atom is -0.616 e. The molecule has 0 atom stereocenters. The molecule has 2 aromatic heterocycles. The van der Waals surface area contributed by atoms with Crippen LogP contribution in [0.4, 0.5) is 0 Å². The molecule has 0 saturated carbocycles. The first-order chi connectivity index (χ1) is 8.75. The van der Waals surface area contributed by atoms with Crippen molar-refractivity contribution >= 4 is 17.2 Å². The standard InChI is InChI=1S/C12H12N2O3S/c15-11(13-8-10-4-3-7-18-10)9-17-12-5-1-2-6-14(12)16/h1-7H,8-9H2,(H,13,15). The van der Waals surface area contributed by atoms with Crippen LogP contribution in [0.15, 0.2) is 41.9 Å². The van der Waals surface area contributed by atoms with Crippen molar-refractivity contribution in [3.8, 4) is 5.88 Å². The third-order valence-electron chi connectivity index (χ3n) is 2.18. The zero-order valence-electron chi connectivity index (χ0n) is 9.54. The van der Waals surface area contributed by atoms with Crippen LogP contribution < -0.4 is 14.8 Å². The van der Waals surface area contributed by atoms with Crippen molar-refractivity contribution in [1.82, 2.24) is 5.32 Å². The van der Waals surface area contributed by atoms with Crippen molar-refractivity contribution in [2.24, 2.45) is 0 Å². The lowest BCUT2D eigenvalue weighted by Gasteiger charge is -2.06. The Morgan fingerprint density at radius 2 is 2.28 bits per heavy atom. The second-order valence-electron chi connectivity index (χ2n) is 3.51. The van der Waals surface area contributed by atoms with Gasteiger partial charge in [0, 0.05) is 10.9 Å². The number of aromatic nitrogens is 1. The number of nitrogens with one attached hydrogen (secondary N) is 1. The molecule has 0 spiro atoms. The van der Waals surface area contributed by atoms with Gasteiger partial charge >= 0.3 is 5.88 Å². The van der Waals surface area contributed by atoms with Crippen LogP contribution in [-0.4, -0.2) is 12.5 Å². The molecule has 94 valence electrons. The zero-order chi connectivity index (χ0) is 12.8. The van der Waals surface area contributed by atoms with Crippen LogP contribution in [0, 0.1) is 5.21 Å². The molecule has 2 heterocycles. The van der Waals surface area contributed by atoms with E-state index in [0.29, 0.717) is 11.3 Å². The fourth-order valence-corrected chi connectivity index (χ4v) is 1.96. The first-order valence-electron chi connectivity index (χ1n) is 5.36. The zero-order valence-corrected chi connectivity index (χ0v) is 10.4. The van der Waals surface area contributed by atoms with E-state index in [1.165, 1.54) is 12.3 Å². The number of carbonyl (C=O) groups is 1. The van der Waals surface area contributed by atoms with E-state index < -0.39 is 0 Å². The van der Waals surface area contributed by atoms with Gasteiger partial charge in [-0.05, 0) is 17.5 Å².